The number of nitrogens with zero attached hydrogens (tertiary/aromatic N) is 5. The summed E-state index contributed by atoms with van der Waals surface area (Å²) in [6.45, 7) is 2.25. The molecule has 0 atom stereocenters. The fraction of sp³-hybridized carbons (Fsp3) is 0.400. The van der Waals surface area contributed by atoms with Crippen LogP contribution in [0.15, 0.2) is 6.33 Å². The quantitative estimate of drug-likeness (QED) is 0.534. The summed E-state index contributed by atoms with van der Waals surface area (Å²) in [6.07, 6.45) is 4.23. The summed E-state index contributed by atoms with van der Waals surface area (Å²) in [5.41, 5.74) is 1.70. The molecule has 0 saturated carbocycles. The summed E-state index contributed by atoms with van der Waals surface area (Å²) < 4.78 is 4.60. The van der Waals surface area contributed by atoms with Crippen LogP contribution < -0.4 is 4.90 Å². The molecule has 1 saturated heterocycles. The van der Waals surface area contributed by atoms with Gasteiger partial charge in [-0.15, -0.1) is 0 Å². The van der Waals surface area contributed by atoms with Gasteiger partial charge in [-0.1, -0.05) is 0 Å². The van der Waals surface area contributed by atoms with Crippen molar-refractivity contribution in [2.75, 3.05) is 18.0 Å². The van der Waals surface area contributed by atoms with E-state index in [1.165, 1.54) is 17.5 Å². The summed E-state index contributed by atoms with van der Waals surface area (Å²) in [6, 6.07) is 0. The van der Waals surface area contributed by atoms with Crippen LogP contribution in [-0.4, -0.2) is 52.2 Å². The third-order valence-corrected chi connectivity index (χ3v) is 5.62. The Balaban J connectivity index is 1.97. The Morgan fingerprint density at radius 2 is 2.11 bits per heavy atom. The first kappa shape index (κ1) is 10.7. The molecule has 3 aromatic heterocycles. The zero-order valence-electron chi connectivity index (χ0n) is 9.46. The standard InChI is InChI=1S/C10H10N6SSe/c17-9-13-8-6-7(11-5-16(8)14-9)12-10(18-6)15-3-1-2-4-15/h5H,1-4H2,(H,14,17). The topological polar surface area (TPSA) is 62.1 Å². The molecule has 4 heterocycles. The maximum absolute atomic E-state index is 5.06. The Kier molecular flexibility index (Phi) is 2.30. The van der Waals surface area contributed by atoms with Gasteiger partial charge in [0.05, 0.1) is 0 Å². The Hall–Kier alpha value is -1.24. The van der Waals surface area contributed by atoms with Crippen molar-refractivity contribution in [3.63, 3.8) is 0 Å². The molecular formula is C10H10N6SSe. The summed E-state index contributed by atoms with van der Waals surface area (Å²) in [7, 11) is 0. The van der Waals surface area contributed by atoms with Gasteiger partial charge in [-0.2, -0.15) is 0 Å². The van der Waals surface area contributed by atoms with Gasteiger partial charge in [-0.3, -0.25) is 0 Å². The number of aromatic nitrogens is 5. The van der Waals surface area contributed by atoms with E-state index in [4.69, 9.17) is 12.2 Å². The molecule has 0 bridgehead atoms. The average Bonchev–Trinajstić information content (AvgIpc) is 3.05. The molecule has 1 N–H and O–H groups in total. The first-order valence-corrected chi connectivity index (χ1v) is 7.92. The van der Waals surface area contributed by atoms with Crippen LogP contribution in [-0.2, 0) is 0 Å². The van der Waals surface area contributed by atoms with Crippen molar-refractivity contribution in [3.05, 3.63) is 11.1 Å². The minimum atomic E-state index is 0.191. The van der Waals surface area contributed by atoms with Crippen LogP contribution in [0, 0.1) is 4.77 Å². The van der Waals surface area contributed by atoms with Crippen molar-refractivity contribution in [1.82, 2.24) is 24.6 Å². The minimum absolute atomic E-state index is 0.191. The van der Waals surface area contributed by atoms with E-state index in [2.05, 4.69) is 25.0 Å². The van der Waals surface area contributed by atoms with Crippen molar-refractivity contribution < 1.29 is 0 Å². The van der Waals surface area contributed by atoms with E-state index < -0.39 is 0 Å². The van der Waals surface area contributed by atoms with Crippen LogP contribution >= 0.6 is 12.2 Å². The molecule has 4 rings (SSSR count). The second-order valence-electron chi connectivity index (χ2n) is 4.31. The Bertz CT molecular complexity index is 780. The van der Waals surface area contributed by atoms with Crippen molar-refractivity contribution in [1.29, 1.82) is 0 Å². The van der Waals surface area contributed by atoms with Gasteiger partial charge < -0.3 is 0 Å². The van der Waals surface area contributed by atoms with Crippen LogP contribution in [0.2, 0.25) is 0 Å². The van der Waals surface area contributed by atoms with Crippen LogP contribution in [0.5, 0.6) is 0 Å². The molecule has 92 valence electrons. The van der Waals surface area contributed by atoms with Gasteiger partial charge in [0.25, 0.3) is 0 Å². The van der Waals surface area contributed by atoms with Gasteiger partial charge in [0.2, 0.25) is 0 Å². The Morgan fingerprint density at radius 1 is 1.28 bits per heavy atom. The zero-order valence-corrected chi connectivity index (χ0v) is 12.0. The van der Waals surface area contributed by atoms with Gasteiger partial charge >= 0.3 is 113 Å². The molecular weight excluding hydrogens is 315 g/mol. The Labute approximate surface area is 113 Å². The average molecular weight is 325 g/mol. The summed E-state index contributed by atoms with van der Waals surface area (Å²) in [5, 5.41) is 2.98. The molecule has 0 spiro atoms. The number of anilines is 1. The second-order valence-corrected chi connectivity index (χ2v) is 6.75. The van der Waals surface area contributed by atoms with Gasteiger partial charge in [-0.25, -0.2) is 0 Å². The molecule has 0 amide bonds. The van der Waals surface area contributed by atoms with E-state index in [-0.39, 0.29) is 14.5 Å². The molecule has 0 unspecified atom stereocenters. The number of aromatic amines is 1. The van der Waals surface area contributed by atoms with Crippen molar-refractivity contribution in [3.8, 4) is 0 Å². The van der Waals surface area contributed by atoms with Gasteiger partial charge in [0.1, 0.15) is 0 Å². The predicted molar refractivity (Wildman–Crippen MR) is 71.9 cm³/mol. The van der Waals surface area contributed by atoms with Crippen molar-refractivity contribution in [2.45, 2.75) is 12.8 Å². The van der Waals surface area contributed by atoms with E-state index in [0.29, 0.717) is 4.77 Å². The zero-order chi connectivity index (χ0) is 12.1. The maximum atomic E-state index is 5.06. The molecule has 3 aromatic rings. The summed E-state index contributed by atoms with van der Waals surface area (Å²) in [5.74, 6) is 0. The number of H-pyrrole nitrogens is 1. The third-order valence-electron chi connectivity index (χ3n) is 3.12. The van der Waals surface area contributed by atoms with Crippen LogP contribution in [0.3, 0.4) is 0 Å². The molecule has 8 heteroatoms. The number of rotatable bonds is 1. The van der Waals surface area contributed by atoms with Crippen LogP contribution in [0.4, 0.5) is 4.69 Å². The van der Waals surface area contributed by atoms with E-state index >= 15 is 0 Å². The monoisotopic (exact) mass is 326 g/mol. The number of hydrogen-bond donors (Lipinski definition) is 1. The second kappa shape index (κ2) is 3.88. The fourth-order valence-electron chi connectivity index (χ4n) is 2.27. The van der Waals surface area contributed by atoms with Gasteiger partial charge in [-0.05, 0) is 0 Å². The number of fused-ring (bicyclic) bond motifs is 3. The first-order chi connectivity index (χ1) is 8.81. The van der Waals surface area contributed by atoms with Crippen LogP contribution in [0.25, 0.3) is 15.6 Å². The first-order valence-electron chi connectivity index (χ1n) is 5.80. The fourth-order valence-corrected chi connectivity index (χ4v) is 4.66. The molecule has 1 aliphatic heterocycles. The summed E-state index contributed by atoms with van der Waals surface area (Å²) in [4.78, 5) is 15.7. The van der Waals surface area contributed by atoms with E-state index in [1.54, 1.807) is 10.8 Å². The molecule has 18 heavy (non-hydrogen) atoms. The molecule has 0 aromatic carbocycles. The van der Waals surface area contributed by atoms with Gasteiger partial charge in [0, 0.05) is 0 Å². The number of hydrogen-bond acceptors (Lipinski definition) is 5. The van der Waals surface area contributed by atoms with E-state index in [9.17, 15) is 0 Å². The predicted octanol–water partition coefficient (Wildman–Crippen LogP) is 0.992. The van der Waals surface area contributed by atoms with Crippen molar-refractivity contribution in [2.24, 2.45) is 0 Å². The molecule has 0 aliphatic carbocycles. The molecule has 0 radical (unpaired) electrons. The van der Waals surface area contributed by atoms with E-state index in [1.807, 2.05) is 0 Å². The van der Waals surface area contributed by atoms with Crippen molar-refractivity contribution >= 4 is 47.0 Å². The normalized spacial score (nSPS) is 16.1. The van der Waals surface area contributed by atoms with E-state index in [0.717, 1.165) is 28.6 Å². The number of nitrogens with one attached hydrogen (secondary N) is 1. The SMILES string of the molecule is S=c1nc2c3[se]c(N4CCCC4)nc3ncn2[nH]1. The summed E-state index contributed by atoms with van der Waals surface area (Å²) >= 11 is 5.26. The third kappa shape index (κ3) is 1.53. The molecule has 1 aliphatic rings. The van der Waals surface area contributed by atoms with Crippen LogP contribution in [0.1, 0.15) is 12.8 Å². The molecule has 1 fully saturated rings. The Morgan fingerprint density at radius 3 is 2.94 bits per heavy atom. The molecule has 6 nitrogen and oxygen atoms in total. The van der Waals surface area contributed by atoms with Gasteiger partial charge in [0.15, 0.2) is 0 Å².